The van der Waals surface area contributed by atoms with Crippen molar-refractivity contribution >= 4 is 34.6 Å². The van der Waals surface area contributed by atoms with E-state index in [2.05, 4.69) is 15.5 Å². The second-order valence-corrected chi connectivity index (χ2v) is 5.42. The van der Waals surface area contributed by atoms with E-state index in [1.165, 1.54) is 12.3 Å². The number of nitrogens with one attached hydrogen (secondary N) is 1. The lowest BCUT2D eigenvalue weighted by Gasteiger charge is -1.99. The summed E-state index contributed by atoms with van der Waals surface area (Å²) in [7, 11) is 0. The number of esters is 1. The van der Waals surface area contributed by atoms with Crippen LogP contribution >= 0.6 is 11.3 Å². The summed E-state index contributed by atoms with van der Waals surface area (Å²) < 4.78 is 4.94. The Bertz CT molecular complexity index is 755. The van der Waals surface area contributed by atoms with Crippen LogP contribution in [0.1, 0.15) is 38.2 Å². The lowest BCUT2D eigenvalue weighted by atomic mass is 10.1. The molecule has 1 aromatic heterocycles. The van der Waals surface area contributed by atoms with Gasteiger partial charge in [0.25, 0.3) is 0 Å². The molecule has 0 amide bonds. The summed E-state index contributed by atoms with van der Waals surface area (Å²) >= 11 is 1.13. The molecular formula is C15H15N3O4S. The van der Waals surface area contributed by atoms with E-state index in [1.54, 1.807) is 32.0 Å². The molecule has 7 nitrogen and oxygen atoms in total. The molecule has 0 unspecified atom stereocenters. The van der Waals surface area contributed by atoms with Gasteiger partial charge >= 0.3 is 11.9 Å². The molecule has 1 aromatic carbocycles. The molecule has 120 valence electrons. The molecule has 8 heteroatoms. The molecule has 0 aliphatic rings. The number of carbonyl (C=O) groups is 2. The fourth-order valence-electron chi connectivity index (χ4n) is 1.79. The van der Waals surface area contributed by atoms with Crippen LogP contribution in [0.25, 0.3) is 0 Å². The number of anilines is 1. The first-order valence-corrected chi connectivity index (χ1v) is 7.60. The van der Waals surface area contributed by atoms with Crippen LogP contribution in [0, 0.1) is 6.92 Å². The van der Waals surface area contributed by atoms with Gasteiger partial charge in [-0.15, -0.1) is 0 Å². The Morgan fingerprint density at radius 1 is 1.43 bits per heavy atom. The van der Waals surface area contributed by atoms with E-state index in [9.17, 15) is 9.59 Å². The minimum absolute atomic E-state index is 0.153. The van der Waals surface area contributed by atoms with Crippen molar-refractivity contribution in [3.05, 3.63) is 46.0 Å². The topological polar surface area (TPSA) is 101 Å². The van der Waals surface area contributed by atoms with E-state index in [0.717, 1.165) is 11.3 Å². The molecule has 0 aliphatic carbocycles. The number of hydrazone groups is 1. The molecule has 0 atom stereocenters. The Hall–Kier alpha value is -2.74. The highest BCUT2D eigenvalue weighted by atomic mass is 32.1. The Morgan fingerprint density at radius 3 is 2.87 bits per heavy atom. The van der Waals surface area contributed by atoms with Gasteiger partial charge in [-0.25, -0.2) is 14.6 Å². The molecule has 0 radical (unpaired) electrons. The predicted molar refractivity (Wildman–Crippen MR) is 87.4 cm³/mol. The number of thiazole rings is 1. The van der Waals surface area contributed by atoms with Gasteiger partial charge in [-0.2, -0.15) is 5.10 Å². The van der Waals surface area contributed by atoms with Crippen molar-refractivity contribution in [2.45, 2.75) is 13.8 Å². The van der Waals surface area contributed by atoms with Gasteiger partial charge in [0.05, 0.1) is 24.1 Å². The number of rotatable bonds is 6. The number of hydrogen-bond acceptors (Lipinski definition) is 7. The number of carbonyl (C=O) groups excluding carboxylic acids is 1. The summed E-state index contributed by atoms with van der Waals surface area (Å²) in [6, 6.07) is 6.51. The van der Waals surface area contributed by atoms with E-state index >= 15 is 0 Å². The third kappa shape index (κ3) is 4.13. The Kier molecular flexibility index (Phi) is 5.42. The zero-order valence-electron chi connectivity index (χ0n) is 12.6. The average Bonchev–Trinajstić information content (AvgIpc) is 2.89. The number of benzene rings is 1. The third-order valence-electron chi connectivity index (χ3n) is 2.81. The largest absolute Gasteiger partial charge is 0.478 e. The summed E-state index contributed by atoms with van der Waals surface area (Å²) in [4.78, 5) is 27.4. The van der Waals surface area contributed by atoms with Crippen molar-refractivity contribution in [1.29, 1.82) is 0 Å². The van der Waals surface area contributed by atoms with Crippen molar-refractivity contribution in [1.82, 2.24) is 4.98 Å². The number of aromatic carboxylic acids is 1. The monoisotopic (exact) mass is 333 g/mol. The summed E-state index contributed by atoms with van der Waals surface area (Å²) in [5.74, 6) is -1.45. The van der Waals surface area contributed by atoms with Crippen LogP contribution in [-0.2, 0) is 4.74 Å². The first-order valence-electron chi connectivity index (χ1n) is 6.79. The van der Waals surface area contributed by atoms with Crippen molar-refractivity contribution < 1.29 is 19.4 Å². The molecule has 0 saturated carbocycles. The molecule has 0 bridgehead atoms. The number of ether oxygens (including phenoxy) is 1. The lowest BCUT2D eigenvalue weighted by molar-refractivity contribution is 0.0530. The number of carboxylic acids is 1. The molecule has 0 spiro atoms. The minimum Gasteiger partial charge on any atom is -0.478 e. The molecule has 0 saturated heterocycles. The number of carboxylic acid groups (broad SMARTS) is 1. The average molecular weight is 333 g/mol. The van der Waals surface area contributed by atoms with E-state index < -0.39 is 11.9 Å². The van der Waals surface area contributed by atoms with Crippen LogP contribution in [0.2, 0.25) is 0 Å². The van der Waals surface area contributed by atoms with Crippen molar-refractivity contribution in [3.63, 3.8) is 0 Å². The van der Waals surface area contributed by atoms with Gasteiger partial charge in [-0.1, -0.05) is 29.5 Å². The first kappa shape index (κ1) is 16.6. The first-order chi connectivity index (χ1) is 11.0. The second-order valence-electron chi connectivity index (χ2n) is 4.42. The molecule has 0 fully saturated rings. The highest BCUT2D eigenvalue weighted by Gasteiger charge is 2.16. The smallest absolute Gasteiger partial charge is 0.350 e. The highest BCUT2D eigenvalue weighted by Crippen LogP contribution is 2.23. The van der Waals surface area contributed by atoms with E-state index in [0.29, 0.717) is 27.9 Å². The van der Waals surface area contributed by atoms with Crippen molar-refractivity contribution in [2.24, 2.45) is 5.10 Å². The van der Waals surface area contributed by atoms with Gasteiger partial charge < -0.3 is 9.84 Å². The van der Waals surface area contributed by atoms with Crippen LogP contribution in [-0.4, -0.2) is 34.9 Å². The normalized spacial score (nSPS) is 10.7. The molecule has 2 aromatic rings. The maximum Gasteiger partial charge on any atom is 0.350 e. The van der Waals surface area contributed by atoms with Crippen LogP contribution < -0.4 is 5.43 Å². The van der Waals surface area contributed by atoms with Gasteiger partial charge in [0.1, 0.15) is 4.88 Å². The maximum absolute atomic E-state index is 11.7. The standard InChI is InChI=1S/C15H15N3O4S/c1-3-22-14(21)12-9(2)17-15(23-12)18-16-8-10-6-4-5-7-11(10)13(19)20/h4-8H,3H2,1-2H3,(H,17,18)(H,19,20)/b16-8+. The molecule has 0 aliphatic heterocycles. The van der Waals surface area contributed by atoms with Crippen LogP contribution in [0.15, 0.2) is 29.4 Å². The minimum atomic E-state index is -1.03. The number of nitrogens with zero attached hydrogens (tertiary/aromatic N) is 2. The number of aromatic nitrogens is 1. The highest BCUT2D eigenvalue weighted by molar-refractivity contribution is 7.17. The van der Waals surface area contributed by atoms with Gasteiger partial charge in [0, 0.05) is 5.56 Å². The van der Waals surface area contributed by atoms with Crippen LogP contribution in [0.5, 0.6) is 0 Å². The SMILES string of the molecule is CCOC(=O)c1sc(N/N=C/c2ccccc2C(=O)O)nc1C. The third-order valence-corrected chi connectivity index (χ3v) is 3.85. The fraction of sp³-hybridized carbons (Fsp3) is 0.200. The zero-order chi connectivity index (χ0) is 16.8. The molecule has 2 N–H and O–H groups in total. The molecular weight excluding hydrogens is 318 g/mol. The van der Waals surface area contributed by atoms with Crippen molar-refractivity contribution in [2.75, 3.05) is 12.0 Å². The molecule has 2 rings (SSSR count). The quantitative estimate of drug-likeness (QED) is 0.479. The summed E-state index contributed by atoms with van der Waals surface area (Å²) in [5.41, 5.74) is 3.86. The van der Waals surface area contributed by atoms with E-state index in [1.807, 2.05) is 0 Å². The van der Waals surface area contributed by atoms with Gasteiger partial charge in [0.2, 0.25) is 5.13 Å². The summed E-state index contributed by atoms with van der Waals surface area (Å²) in [5, 5.41) is 13.5. The summed E-state index contributed by atoms with van der Waals surface area (Å²) in [6.45, 7) is 3.73. The van der Waals surface area contributed by atoms with Crippen molar-refractivity contribution in [3.8, 4) is 0 Å². The second kappa shape index (κ2) is 7.50. The molecule has 23 heavy (non-hydrogen) atoms. The predicted octanol–water partition coefficient (Wildman–Crippen LogP) is 2.77. The van der Waals surface area contributed by atoms with Gasteiger partial charge in [0.15, 0.2) is 0 Å². The number of hydrogen-bond donors (Lipinski definition) is 2. The summed E-state index contributed by atoms with van der Waals surface area (Å²) in [6.07, 6.45) is 1.39. The maximum atomic E-state index is 11.7. The van der Waals surface area contributed by atoms with Gasteiger partial charge in [-0.3, -0.25) is 5.43 Å². The lowest BCUT2D eigenvalue weighted by Crippen LogP contribution is -2.03. The number of aryl methyl sites for hydroxylation is 1. The Balaban J connectivity index is 2.11. The molecule has 1 heterocycles. The zero-order valence-corrected chi connectivity index (χ0v) is 13.4. The fourth-order valence-corrected chi connectivity index (χ4v) is 2.60. The van der Waals surface area contributed by atoms with E-state index in [4.69, 9.17) is 9.84 Å². The Morgan fingerprint density at radius 2 is 2.17 bits per heavy atom. The Labute approximate surface area is 136 Å². The van der Waals surface area contributed by atoms with Crippen LogP contribution in [0.4, 0.5) is 5.13 Å². The van der Waals surface area contributed by atoms with Crippen LogP contribution in [0.3, 0.4) is 0 Å². The van der Waals surface area contributed by atoms with E-state index in [-0.39, 0.29) is 5.56 Å². The van der Waals surface area contributed by atoms with Gasteiger partial charge in [-0.05, 0) is 19.9 Å².